The van der Waals surface area contributed by atoms with Gasteiger partial charge >= 0.3 is 0 Å². The van der Waals surface area contributed by atoms with Crippen molar-refractivity contribution in [3.8, 4) is 0 Å². The van der Waals surface area contributed by atoms with Gasteiger partial charge in [0.15, 0.2) is 0 Å². The maximum absolute atomic E-state index is 12.4. The van der Waals surface area contributed by atoms with Crippen LogP contribution in [0.1, 0.15) is 33.1 Å². The zero-order valence-corrected chi connectivity index (χ0v) is 11.9. The van der Waals surface area contributed by atoms with Gasteiger partial charge < -0.3 is 5.73 Å². The third-order valence-electron chi connectivity index (χ3n) is 3.78. The fraction of sp³-hybridized carbons (Fsp3) is 1.00. The van der Waals surface area contributed by atoms with Crippen LogP contribution in [0.15, 0.2) is 0 Å². The molecule has 1 rings (SSSR count). The van der Waals surface area contributed by atoms with E-state index in [1.807, 2.05) is 13.8 Å². The maximum Gasteiger partial charge on any atom is 0.281 e. The van der Waals surface area contributed by atoms with E-state index in [9.17, 15) is 8.42 Å². The second-order valence-electron chi connectivity index (χ2n) is 4.60. The van der Waals surface area contributed by atoms with E-state index in [0.29, 0.717) is 25.6 Å². The fourth-order valence-corrected chi connectivity index (χ4v) is 4.31. The molecular formula is C11H25N3O2S. The normalized spacial score (nSPS) is 26.0. The molecule has 1 aliphatic carbocycles. The van der Waals surface area contributed by atoms with E-state index >= 15 is 0 Å². The summed E-state index contributed by atoms with van der Waals surface area (Å²) in [6.45, 7) is 5.34. The Kier molecular flexibility index (Phi) is 5.37. The highest BCUT2D eigenvalue weighted by molar-refractivity contribution is 7.86. The van der Waals surface area contributed by atoms with E-state index in [1.165, 1.54) is 8.61 Å². The van der Waals surface area contributed by atoms with Crippen LogP contribution in [0.5, 0.6) is 0 Å². The van der Waals surface area contributed by atoms with Crippen molar-refractivity contribution in [1.82, 2.24) is 8.61 Å². The average Bonchev–Trinajstić information content (AvgIpc) is 2.77. The second kappa shape index (κ2) is 6.13. The molecule has 0 saturated heterocycles. The molecule has 1 fully saturated rings. The Labute approximate surface area is 105 Å². The number of rotatable bonds is 6. The van der Waals surface area contributed by atoms with Gasteiger partial charge in [-0.15, -0.1) is 0 Å². The lowest BCUT2D eigenvalue weighted by Gasteiger charge is -2.32. The summed E-state index contributed by atoms with van der Waals surface area (Å²) in [5.74, 6) is 0.310. The Morgan fingerprint density at radius 1 is 1.24 bits per heavy atom. The van der Waals surface area contributed by atoms with E-state index in [0.717, 1.165) is 19.3 Å². The molecular weight excluding hydrogens is 238 g/mol. The second-order valence-corrected chi connectivity index (χ2v) is 6.59. The summed E-state index contributed by atoms with van der Waals surface area (Å²) >= 11 is 0. The van der Waals surface area contributed by atoms with Crippen molar-refractivity contribution < 1.29 is 8.42 Å². The molecule has 0 aromatic heterocycles. The molecule has 17 heavy (non-hydrogen) atoms. The number of nitrogens with two attached hydrogens (primary N) is 1. The smallest absolute Gasteiger partial charge is 0.281 e. The van der Waals surface area contributed by atoms with E-state index in [-0.39, 0.29) is 6.04 Å². The molecule has 2 atom stereocenters. The summed E-state index contributed by atoms with van der Waals surface area (Å²) in [7, 11) is -1.63. The predicted molar refractivity (Wildman–Crippen MR) is 69.8 cm³/mol. The molecule has 0 bridgehead atoms. The van der Waals surface area contributed by atoms with Crippen molar-refractivity contribution in [3.63, 3.8) is 0 Å². The topological polar surface area (TPSA) is 66.6 Å². The van der Waals surface area contributed by atoms with Crippen LogP contribution in [0, 0.1) is 5.92 Å². The zero-order chi connectivity index (χ0) is 13.1. The summed E-state index contributed by atoms with van der Waals surface area (Å²) in [6.07, 6.45) is 3.04. The molecule has 1 saturated carbocycles. The molecule has 5 nitrogen and oxygen atoms in total. The van der Waals surface area contributed by atoms with Crippen molar-refractivity contribution in [2.24, 2.45) is 11.7 Å². The molecule has 1 aliphatic rings. The summed E-state index contributed by atoms with van der Waals surface area (Å²) in [6, 6.07) is 0.0746. The Balaban J connectivity index is 2.84. The van der Waals surface area contributed by atoms with Crippen molar-refractivity contribution in [2.75, 3.05) is 26.7 Å². The van der Waals surface area contributed by atoms with Gasteiger partial charge in [0, 0.05) is 26.2 Å². The summed E-state index contributed by atoms with van der Waals surface area (Å²) < 4.78 is 27.7. The molecule has 2 unspecified atom stereocenters. The van der Waals surface area contributed by atoms with Crippen LogP contribution in [0.4, 0.5) is 0 Å². The van der Waals surface area contributed by atoms with Gasteiger partial charge in [0.05, 0.1) is 0 Å². The number of nitrogens with zero attached hydrogens (tertiary/aromatic N) is 2. The molecule has 0 spiro atoms. The average molecular weight is 263 g/mol. The fourth-order valence-electron chi connectivity index (χ4n) is 2.67. The Morgan fingerprint density at radius 2 is 1.82 bits per heavy atom. The molecule has 6 heteroatoms. The first kappa shape index (κ1) is 14.9. The highest BCUT2D eigenvalue weighted by atomic mass is 32.2. The Bertz CT molecular complexity index is 328. The van der Waals surface area contributed by atoms with Crippen molar-refractivity contribution in [2.45, 2.75) is 39.2 Å². The minimum Gasteiger partial charge on any atom is -0.330 e. The first-order valence-corrected chi connectivity index (χ1v) is 7.81. The molecule has 102 valence electrons. The lowest BCUT2D eigenvalue weighted by Crippen LogP contribution is -2.48. The first-order valence-electron chi connectivity index (χ1n) is 6.42. The van der Waals surface area contributed by atoms with Crippen molar-refractivity contribution >= 4 is 10.2 Å². The van der Waals surface area contributed by atoms with Crippen LogP contribution in [-0.2, 0) is 10.2 Å². The highest BCUT2D eigenvalue weighted by Gasteiger charge is 2.37. The highest BCUT2D eigenvalue weighted by Crippen LogP contribution is 2.30. The molecule has 0 amide bonds. The van der Waals surface area contributed by atoms with Crippen LogP contribution in [0.2, 0.25) is 0 Å². The summed E-state index contributed by atoms with van der Waals surface area (Å²) in [5, 5.41) is 0. The minimum absolute atomic E-state index is 0.0746. The predicted octanol–water partition coefficient (Wildman–Crippen LogP) is 0.632. The van der Waals surface area contributed by atoms with Crippen molar-refractivity contribution in [1.29, 1.82) is 0 Å². The van der Waals surface area contributed by atoms with Gasteiger partial charge in [0.25, 0.3) is 10.2 Å². The number of hydrogen-bond donors (Lipinski definition) is 1. The van der Waals surface area contributed by atoms with E-state index < -0.39 is 10.2 Å². The van der Waals surface area contributed by atoms with Gasteiger partial charge in [0.2, 0.25) is 0 Å². The van der Waals surface area contributed by atoms with Gasteiger partial charge in [-0.05, 0) is 25.3 Å². The lowest BCUT2D eigenvalue weighted by molar-refractivity contribution is 0.279. The SMILES string of the molecule is CCN(CC)S(=O)(=O)N(C)C1CCCC1CN. The summed E-state index contributed by atoms with van der Waals surface area (Å²) in [4.78, 5) is 0. The van der Waals surface area contributed by atoms with Crippen LogP contribution in [0.25, 0.3) is 0 Å². The quantitative estimate of drug-likeness (QED) is 0.764. The molecule has 2 N–H and O–H groups in total. The summed E-state index contributed by atoms with van der Waals surface area (Å²) in [5.41, 5.74) is 5.71. The Morgan fingerprint density at radius 3 is 2.29 bits per heavy atom. The Hall–Kier alpha value is -0.170. The molecule has 0 aliphatic heterocycles. The molecule has 0 aromatic rings. The monoisotopic (exact) mass is 263 g/mol. The maximum atomic E-state index is 12.4. The third-order valence-corrected chi connectivity index (χ3v) is 5.95. The van der Waals surface area contributed by atoms with Crippen LogP contribution in [-0.4, -0.2) is 49.8 Å². The van der Waals surface area contributed by atoms with Gasteiger partial charge in [-0.3, -0.25) is 0 Å². The minimum atomic E-state index is -3.32. The lowest BCUT2D eigenvalue weighted by atomic mass is 10.0. The zero-order valence-electron chi connectivity index (χ0n) is 11.1. The van der Waals surface area contributed by atoms with Crippen molar-refractivity contribution in [3.05, 3.63) is 0 Å². The van der Waals surface area contributed by atoms with Crippen LogP contribution in [0.3, 0.4) is 0 Å². The van der Waals surface area contributed by atoms with Gasteiger partial charge in [0.1, 0.15) is 0 Å². The largest absolute Gasteiger partial charge is 0.330 e. The molecule has 0 radical (unpaired) electrons. The number of hydrogen-bond acceptors (Lipinski definition) is 3. The third kappa shape index (κ3) is 2.99. The van der Waals surface area contributed by atoms with E-state index in [4.69, 9.17) is 5.73 Å². The van der Waals surface area contributed by atoms with Gasteiger partial charge in [-0.2, -0.15) is 17.0 Å². The molecule has 0 aromatic carbocycles. The van der Waals surface area contributed by atoms with Crippen LogP contribution < -0.4 is 5.73 Å². The molecule has 0 heterocycles. The van der Waals surface area contributed by atoms with Crippen LogP contribution >= 0.6 is 0 Å². The standard InChI is InChI=1S/C11H25N3O2S/c1-4-14(5-2)17(15,16)13(3)11-8-6-7-10(11)9-12/h10-11H,4-9,12H2,1-3H3. The van der Waals surface area contributed by atoms with E-state index in [2.05, 4.69) is 0 Å². The van der Waals surface area contributed by atoms with Gasteiger partial charge in [-0.25, -0.2) is 0 Å². The van der Waals surface area contributed by atoms with Gasteiger partial charge in [-0.1, -0.05) is 20.3 Å². The van der Waals surface area contributed by atoms with E-state index in [1.54, 1.807) is 7.05 Å². The first-order chi connectivity index (χ1) is 7.98.